The maximum absolute atomic E-state index is 13.9. The smallest absolute Gasteiger partial charge is 0.273 e. The Balaban J connectivity index is 1.50. The molecule has 0 saturated heterocycles. The van der Waals surface area contributed by atoms with Crippen LogP contribution in [0, 0.1) is 19.8 Å². The zero-order valence-corrected chi connectivity index (χ0v) is 28.3. The van der Waals surface area contributed by atoms with Crippen molar-refractivity contribution in [3.05, 3.63) is 103 Å². The number of oxazole rings is 1. The van der Waals surface area contributed by atoms with Crippen molar-refractivity contribution in [2.24, 2.45) is 5.92 Å². The third-order valence-electron chi connectivity index (χ3n) is 8.17. The van der Waals surface area contributed by atoms with Crippen LogP contribution in [-0.2, 0) is 17.8 Å². The number of benzene rings is 1. The monoisotopic (exact) mass is 673 g/mol. The molecule has 0 saturated carbocycles. The third kappa shape index (κ3) is 7.54. The van der Waals surface area contributed by atoms with Crippen LogP contribution >= 0.6 is 11.3 Å². The highest BCUT2D eigenvalue weighted by Gasteiger charge is 2.30. The van der Waals surface area contributed by atoms with Crippen LogP contribution in [0.3, 0.4) is 0 Å². The number of thiazole rings is 1. The number of pyridine rings is 1. The summed E-state index contributed by atoms with van der Waals surface area (Å²) in [6.45, 7) is 9.00. The van der Waals surface area contributed by atoms with Crippen molar-refractivity contribution in [2.75, 3.05) is 19.6 Å². The molecule has 0 spiro atoms. The van der Waals surface area contributed by atoms with Crippen LogP contribution in [0.25, 0.3) is 0 Å². The molecule has 4 heterocycles. The number of hydrogen-bond donors (Lipinski definition) is 3. The van der Waals surface area contributed by atoms with Gasteiger partial charge >= 0.3 is 0 Å². The van der Waals surface area contributed by atoms with Crippen molar-refractivity contribution in [3.8, 4) is 0 Å². The number of fused-ring (bicyclic) bond motifs is 4. The van der Waals surface area contributed by atoms with Gasteiger partial charge in [0.25, 0.3) is 23.3 Å². The molecule has 1 aliphatic heterocycles. The van der Waals surface area contributed by atoms with Gasteiger partial charge in [0, 0.05) is 37.1 Å². The summed E-state index contributed by atoms with van der Waals surface area (Å²) in [6.07, 6.45) is 1.54. The van der Waals surface area contributed by atoms with Crippen molar-refractivity contribution < 1.29 is 23.6 Å². The second-order valence-corrected chi connectivity index (χ2v) is 12.9. The van der Waals surface area contributed by atoms with Crippen molar-refractivity contribution in [2.45, 2.75) is 59.7 Å². The molecule has 4 aromatic rings. The van der Waals surface area contributed by atoms with Gasteiger partial charge in [-0.2, -0.15) is 0 Å². The maximum atomic E-state index is 13.9. The lowest BCUT2D eigenvalue weighted by Gasteiger charge is -2.26. The first-order chi connectivity index (χ1) is 23.0. The van der Waals surface area contributed by atoms with Crippen LogP contribution in [0.5, 0.6) is 0 Å². The van der Waals surface area contributed by atoms with Gasteiger partial charge < -0.3 is 29.8 Å². The number of rotatable bonds is 5. The van der Waals surface area contributed by atoms with E-state index in [4.69, 9.17) is 4.42 Å². The summed E-state index contributed by atoms with van der Waals surface area (Å²) < 4.78 is 7.20. The Bertz CT molecular complexity index is 1880. The van der Waals surface area contributed by atoms with E-state index in [9.17, 15) is 24.0 Å². The lowest BCUT2D eigenvalue weighted by molar-refractivity contribution is -0.122. The Morgan fingerprint density at radius 3 is 2.50 bits per heavy atom. The number of amides is 4. The van der Waals surface area contributed by atoms with Crippen LogP contribution < -0.4 is 21.5 Å². The average Bonchev–Trinajstić information content (AvgIpc) is 3.74. The highest BCUT2D eigenvalue weighted by molar-refractivity contribution is 7.09. The van der Waals surface area contributed by atoms with Crippen LogP contribution in [0.2, 0.25) is 0 Å². The van der Waals surface area contributed by atoms with E-state index in [-0.39, 0.29) is 48.4 Å². The molecule has 2 atom stereocenters. The molecule has 0 unspecified atom stereocenters. The second-order valence-electron chi connectivity index (χ2n) is 12.0. The van der Waals surface area contributed by atoms with Crippen molar-refractivity contribution >= 4 is 35.0 Å². The fourth-order valence-corrected chi connectivity index (χ4v) is 6.68. The predicted molar refractivity (Wildman–Crippen MR) is 179 cm³/mol. The third-order valence-corrected chi connectivity index (χ3v) is 9.10. The van der Waals surface area contributed by atoms with Gasteiger partial charge in [-0.15, -0.1) is 11.3 Å². The minimum atomic E-state index is -0.718. The van der Waals surface area contributed by atoms with Crippen molar-refractivity contribution in [3.63, 3.8) is 0 Å². The molecular weight excluding hydrogens is 634 g/mol. The first-order valence-electron chi connectivity index (χ1n) is 15.8. The van der Waals surface area contributed by atoms with E-state index in [0.717, 1.165) is 11.3 Å². The second kappa shape index (κ2) is 14.8. The lowest BCUT2D eigenvalue weighted by Crippen LogP contribution is -2.47. The van der Waals surface area contributed by atoms with E-state index in [1.807, 2.05) is 51.1 Å². The topological polar surface area (TPSA) is 169 Å². The molecule has 1 aliphatic rings. The average molecular weight is 674 g/mol. The molecule has 3 aromatic heterocycles. The van der Waals surface area contributed by atoms with E-state index in [0.29, 0.717) is 23.5 Å². The Morgan fingerprint density at radius 1 is 1.04 bits per heavy atom. The minimum Gasteiger partial charge on any atom is -0.446 e. The van der Waals surface area contributed by atoms with Gasteiger partial charge in [-0.1, -0.05) is 44.2 Å². The molecule has 1 aromatic carbocycles. The number of nitrogens with zero attached hydrogens (tertiary/aromatic N) is 4. The summed E-state index contributed by atoms with van der Waals surface area (Å²) in [4.78, 5) is 77.7. The van der Waals surface area contributed by atoms with Gasteiger partial charge in [0.05, 0.1) is 12.6 Å². The van der Waals surface area contributed by atoms with E-state index in [1.165, 1.54) is 27.1 Å². The minimum absolute atomic E-state index is 0.0232. The highest BCUT2D eigenvalue weighted by Crippen LogP contribution is 2.26. The molecule has 0 aliphatic carbocycles. The Kier molecular flexibility index (Phi) is 10.5. The number of aryl methyl sites for hydroxylation is 2. The fourth-order valence-electron chi connectivity index (χ4n) is 5.66. The molecule has 0 radical (unpaired) electrons. The normalized spacial score (nSPS) is 17.7. The molecule has 4 amide bonds. The van der Waals surface area contributed by atoms with Gasteiger partial charge in [0.15, 0.2) is 5.69 Å². The van der Waals surface area contributed by atoms with Gasteiger partial charge in [-0.05, 0) is 43.9 Å². The van der Waals surface area contributed by atoms with Gasteiger partial charge in [0.1, 0.15) is 28.6 Å². The summed E-state index contributed by atoms with van der Waals surface area (Å²) in [7, 11) is 0. The predicted octanol–water partition coefficient (Wildman–Crippen LogP) is 3.34. The highest BCUT2D eigenvalue weighted by atomic mass is 32.1. The van der Waals surface area contributed by atoms with Gasteiger partial charge in [-0.3, -0.25) is 24.0 Å². The first-order valence-corrected chi connectivity index (χ1v) is 16.7. The fraction of sp³-hybridized carbons (Fsp3) is 0.382. The number of carbonyl (C=O) groups is 4. The van der Waals surface area contributed by atoms with Crippen LogP contribution in [0.1, 0.15) is 91.9 Å². The van der Waals surface area contributed by atoms with E-state index < -0.39 is 41.3 Å². The molecule has 252 valence electrons. The number of aromatic nitrogens is 3. The van der Waals surface area contributed by atoms with Crippen LogP contribution in [0.15, 0.2) is 57.3 Å². The van der Waals surface area contributed by atoms with Crippen LogP contribution in [-0.4, -0.2) is 62.7 Å². The largest absolute Gasteiger partial charge is 0.446 e. The number of carbonyl (C=O) groups excluding carboxylic acids is 4. The maximum Gasteiger partial charge on any atom is 0.273 e. The first kappa shape index (κ1) is 34.2. The van der Waals surface area contributed by atoms with Crippen molar-refractivity contribution in [1.82, 2.24) is 35.4 Å². The summed E-state index contributed by atoms with van der Waals surface area (Å²) in [6, 6.07) is 9.96. The molecule has 4 bridgehead atoms. The van der Waals surface area contributed by atoms with Gasteiger partial charge in [-0.25, -0.2) is 9.97 Å². The Hall–Kier alpha value is -5.11. The summed E-state index contributed by atoms with van der Waals surface area (Å²) >= 11 is 1.23. The molecule has 48 heavy (non-hydrogen) atoms. The standard InChI is InChI=1S/C34H39N7O6S/c1-6-41-21(5)14-20(4)27(34(41)46)33(45)40-13-12-35-29(43)24-17-47-31(37-24)23(15-22-10-8-7-9-11-22)36-30(44)25-18-48-32(38-25)28(19(2)3)39-26(42)16-40/h7-11,14,17-19,23,28H,6,12-13,15-16H2,1-5H3,(H,35,43)(H,36,44)(H,39,42)/t23-,28-/m0/s1. The summed E-state index contributed by atoms with van der Waals surface area (Å²) in [5, 5.41) is 10.8. The van der Waals surface area contributed by atoms with E-state index >= 15 is 0 Å². The molecule has 5 rings (SSSR count). The molecular formula is C34H39N7O6S. The van der Waals surface area contributed by atoms with Gasteiger partial charge in [0.2, 0.25) is 11.8 Å². The molecule has 14 heteroatoms. The zero-order valence-electron chi connectivity index (χ0n) is 27.5. The SMILES string of the molecule is CCn1c(C)cc(C)c(C(=O)N2CCNC(=O)c3coc(n3)[C@H](Cc3ccccc3)NC(=O)c3csc(n3)[C@H](C(C)C)NC(=O)C2)c1=O. The Labute approximate surface area is 281 Å². The lowest BCUT2D eigenvalue weighted by atomic mass is 10.0. The van der Waals surface area contributed by atoms with E-state index in [1.54, 1.807) is 25.3 Å². The molecule has 0 fully saturated rings. The Morgan fingerprint density at radius 2 is 1.79 bits per heavy atom. The molecule has 13 nitrogen and oxygen atoms in total. The molecule has 3 N–H and O–H groups in total. The number of nitrogens with one attached hydrogen (secondary N) is 3. The summed E-state index contributed by atoms with van der Waals surface area (Å²) in [5.41, 5.74) is 1.76. The number of hydrogen-bond acceptors (Lipinski definition) is 9. The summed E-state index contributed by atoms with van der Waals surface area (Å²) in [5.74, 6) is -2.13. The van der Waals surface area contributed by atoms with Crippen LogP contribution in [0.4, 0.5) is 0 Å². The zero-order chi connectivity index (χ0) is 34.5. The van der Waals surface area contributed by atoms with Crippen molar-refractivity contribution in [1.29, 1.82) is 0 Å². The van der Waals surface area contributed by atoms with E-state index in [2.05, 4.69) is 25.9 Å². The quantitative estimate of drug-likeness (QED) is 0.290.